The molecule has 2 aromatic rings. The summed E-state index contributed by atoms with van der Waals surface area (Å²) in [5, 5.41) is 9.55. The number of methoxy groups -OCH3 is 2. The Morgan fingerprint density at radius 3 is 2.53 bits per heavy atom. The molecule has 10 nitrogen and oxygen atoms in total. The number of rotatable bonds is 5. The van der Waals surface area contributed by atoms with Crippen LogP contribution in [-0.2, 0) is 10.0 Å². The van der Waals surface area contributed by atoms with Gasteiger partial charge in [0.05, 0.1) is 31.3 Å². The van der Waals surface area contributed by atoms with Gasteiger partial charge in [-0.1, -0.05) is 6.07 Å². The van der Waals surface area contributed by atoms with Gasteiger partial charge >= 0.3 is 6.03 Å². The van der Waals surface area contributed by atoms with Gasteiger partial charge in [-0.15, -0.1) is 0 Å². The van der Waals surface area contributed by atoms with Gasteiger partial charge in [0.15, 0.2) is 11.5 Å². The Balaban J connectivity index is 1.72. The number of hydrogen-bond donors (Lipinski definition) is 2. The van der Waals surface area contributed by atoms with Gasteiger partial charge in [-0.05, 0) is 32.4 Å². The lowest BCUT2D eigenvalue weighted by atomic mass is 10.2. The van der Waals surface area contributed by atoms with Crippen molar-refractivity contribution in [3.63, 3.8) is 0 Å². The van der Waals surface area contributed by atoms with E-state index < -0.39 is 10.0 Å². The van der Waals surface area contributed by atoms with Crippen LogP contribution < -0.4 is 14.8 Å². The molecular weight excluding hydrogens is 410 g/mol. The van der Waals surface area contributed by atoms with Crippen LogP contribution in [0.15, 0.2) is 23.1 Å². The number of urea groups is 1. The molecule has 1 aliphatic rings. The Labute approximate surface area is 176 Å². The number of benzene rings is 1. The number of nitrogens with one attached hydrogen (secondary N) is 2. The van der Waals surface area contributed by atoms with Crippen molar-refractivity contribution in [2.45, 2.75) is 25.2 Å². The number of aromatic amines is 1. The first kappa shape index (κ1) is 21.9. The third-order valence-electron chi connectivity index (χ3n) is 5.05. The number of hydrogen-bond acceptors (Lipinski definition) is 6. The molecule has 0 radical (unpaired) electrons. The average Bonchev–Trinajstić information content (AvgIpc) is 2.92. The van der Waals surface area contributed by atoms with Crippen LogP contribution in [0.25, 0.3) is 0 Å². The first-order chi connectivity index (χ1) is 14.3. The van der Waals surface area contributed by atoms with E-state index >= 15 is 0 Å². The lowest BCUT2D eigenvalue weighted by molar-refractivity contribution is 0.214. The number of para-hydroxylation sites is 1. The Hall–Kier alpha value is -2.79. The lowest BCUT2D eigenvalue weighted by Crippen LogP contribution is -2.39. The first-order valence-corrected chi connectivity index (χ1v) is 11.0. The molecule has 0 spiro atoms. The van der Waals surface area contributed by atoms with E-state index in [0.717, 1.165) is 0 Å². The quantitative estimate of drug-likeness (QED) is 0.739. The summed E-state index contributed by atoms with van der Waals surface area (Å²) in [4.78, 5) is 14.6. The number of H-pyrrole nitrogens is 1. The Morgan fingerprint density at radius 1 is 1.13 bits per heavy atom. The fourth-order valence-corrected chi connectivity index (χ4v) is 5.37. The molecule has 164 valence electrons. The van der Waals surface area contributed by atoms with Crippen LogP contribution in [0.2, 0.25) is 0 Å². The van der Waals surface area contributed by atoms with Crippen LogP contribution in [0.1, 0.15) is 17.8 Å². The number of anilines is 1. The van der Waals surface area contributed by atoms with E-state index in [1.54, 1.807) is 36.9 Å². The summed E-state index contributed by atoms with van der Waals surface area (Å²) in [7, 11) is -0.660. The van der Waals surface area contributed by atoms with Crippen LogP contribution >= 0.6 is 0 Å². The summed E-state index contributed by atoms with van der Waals surface area (Å²) in [6.07, 6.45) is 0.526. The highest BCUT2D eigenvalue weighted by Gasteiger charge is 2.32. The molecule has 3 rings (SSSR count). The maximum Gasteiger partial charge on any atom is 0.321 e. The van der Waals surface area contributed by atoms with Crippen LogP contribution in [0.3, 0.4) is 0 Å². The predicted octanol–water partition coefficient (Wildman–Crippen LogP) is 1.97. The second kappa shape index (κ2) is 8.92. The van der Waals surface area contributed by atoms with E-state index in [1.807, 2.05) is 0 Å². The minimum atomic E-state index is -3.69. The third kappa shape index (κ3) is 4.21. The average molecular weight is 438 g/mol. The van der Waals surface area contributed by atoms with Gasteiger partial charge in [-0.25, -0.2) is 13.2 Å². The maximum atomic E-state index is 13.1. The molecule has 0 saturated carbocycles. The van der Waals surface area contributed by atoms with Crippen molar-refractivity contribution in [1.82, 2.24) is 19.4 Å². The van der Waals surface area contributed by atoms with E-state index in [0.29, 0.717) is 48.1 Å². The lowest BCUT2D eigenvalue weighted by Gasteiger charge is -2.23. The molecule has 0 unspecified atom stereocenters. The standard InChI is InChI=1S/C19H27N5O5S/c1-13-18(14(2)22-21-13)30(26,27)24-10-6-9-23(11-12-24)19(25)20-15-7-5-8-16(28-3)17(15)29-4/h5,7-8H,6,9-12H2,1-4H3,(H,20,25)(H,21,22). The Morgan fingerprint density at radius 2 is 1.90 bits per heavy atom. The predicted molar refractivity (Wildman–Crippen MR) is 112 cm³/mol. The van der Waals surface area contributed by atoms with E-state index in [4.69, 9.17) is 9.47 Å². The summed E-state index contributed by atoms with van der Waals surface area (Å²) in [6, 6.07) is 4.89. The van der Waals surface area contributed by atoms with E-state index in [2.05, 4.69) is 15.5 Å². The minimum absolute atomic E-state index is 0.203. The summed E-state index contributed by atoms with van der Waals surface area (Å²) < 4.78 is 38.2. The highest BCUT2D eigenvalue weighted by molar-refractivity contribution is 7.89. The van der Waals surface area contributed by atoms with Crippen molar-refractivity contribution in [2.75, 3.05) is 45.7 Å². The largest absolute Gasteiger partial charge is 0.493 e. The number of nitrogens with zero attached hydrogens (tertiary/aromatic N) is 3. The Kier molecular flexibility index (Phi) is 6.52. The molecule has 1 aromatic carbocycles. The van der Waals surface area contributed by atoms with E-state index in [9.17, 15) is 13.2 Å². The third-order valence-corrected chi connectivity index (χ3v) is 7.21. The minimum Gasteiger partial charge on any atom is -0.493 e. The van der Waals surface area contributed by atoms with E-state index in [-0.39, 0.29) is 24.0 Å². The zero-order valence-corrected chi connectivity index (χ0v) is 18.4. The number of sulfonamides is 1. The molecule has 1 aromatic heterocycles. The molecule has 1 fully saturated rings. The summed E-state index contributed by atoms with van der Waals surface area (Å²) in [5.74, 6) is 0.938. The molecule has 1 aliphatic heterocycles. The number of ether oxygens (including phenoxy) is 2. The molecule has 2 heterocycles. The number of aromatic nitrogens is 2. The molecule has 0 aliphatic carbocycles. The van der Waals surface area contributed by atoms with Gasteiger partial charge in [0, 0.05) is 26.2 Å². The molecular formula is C19H27N5O5S. The topological polar surface area (TPSA) is 117 Å². The van der Waals surface area contributed by atoms with Crippen LogP contribution in [-0.4, -0.2) is 74.3 Å². The summed E-state index contributed by atoms with van der Waals surface area (Å²) >= 11 is 0. The van der Waals surface area contributed by atoms with Gasteiger partial charge < -0.3 is 19.7 Å². The summed E-state index contributed by atoms with van der Waals surface area (Å²) in [5.41, 5.74) is 1.44. The van der Waals surface area contributed by atoms with E-state index in [1.165, 1.54) is 18.5 Å². The maximum absolute atomic E-state index is 13.1. The monoisotopic (exact) mass is 437 g/mol. The normalized spacial score (nSPS) is 15.5. The molecule has 30 heavy (non-hydrogen) atoms. The van der Waals surface area contributed by atoms with Crippen molar-refractivity contribution in [3.05, 3.63) is 29.6 Å². The highest BCUT2D eigenvalue weighted by atomic mass is 32.2. The SMILES string of the molecule is COc1cccc(NC(=O)N2CCCN(S(=O)(=O)c3c(C)n[nH]c3C)CC2)c1OC. The Bertz CT molecular complexity index is 1000. The van der Waals surface area contributed by atoms with Crippen molar-refractivity contribution in [3.8, 4) is 11.5 Å². The highest BCUT2D eigenvalue weighted by Crippen LogP contribution is 2.34. The van der Waals surface area contributed by atoms with Gasteiger partial charge in [-0.2, -0.15) is 9.40 Å². The number of aryl methyl sites for hydroxylation is 2. The molecule has 0 bridgehead atoms. The second-order valence-electron chi connectivity index (χ2n) is 6.98. The van der Waals surface area contributed by atoms with Crippen LogP contribution in [0, 0.1) is 13.8 Å². The number of amides is 2. The van der Waals surface area contributed by atoms with Crippen molar-refractivity contribution < 1.29 is 22.7 Å². The van der Waals surface area contributed by atoms with Crippen molar-refractivity contribution >= 4 is 21.7 Å². The first-order valence-electron chi connectivity index (χ1n) is 9.58. The second-order valence-corrected chi connectivity index (χ2v) is 8.85. The van der Waals surface area contributed by atoms with Crippen LogP contribution in [0.5, 0.6) is 11.5 Å². The van der Waals surface area contributed by atoms with Gasteiger partial charge in [0.2, 0.25) is 10.0 Å². The molecule has 1 saturated heterocycles. The van der Waals surface area contributed by atoms with Crippen molar-refractivity contribution in [2.24, 2.45) is 0 Å². The van der Waals surface area contributed by atoms with Crippen LogP contribution in [0.4, 0.5) is 10.5 Å². The number of carbonyl (C=O) groups is 1. The van der Waals surface area contributed by atoms with Gasteiger partial charge in [-0.3, -0.25) is 5.10 Å². The fraction of sp³-hybridized carbons (Fsp3) is 0.474. The zero-order valence-electron chi connectivity index (χ0n) is 17.6. The zero-order chi connectivity index (χ0) is 21.9. The number of carbonyl (C=O) groups excluding carboxylic acids is 1. The smallest absolute Gasteiger partial charge is 0.321 e. The summed E-state index contributed by atoms with van der Waals surface area (Å²) in [6.45, 7) is 4.59. The van der Waals surface area contributed by atoms with Gasteiger partial charge in [0.1, 0.15) is 4.90 Å². The molecule has 11 heteroatoms. The molecule has 0 atom stereocenters. The van der Waals surface area contributed by atoms with Crippen molar-refractivity contribution in [1.29, 1.82) is 0 Å². The molecule has 2 amide bonds. The van der Waals surface area contributed by atoms with Gasteiger partial charge in [0.25, 0.3) is 0 Å². The fourth-order valence-electron chi connectivity index (χ4n) is 3.57. The molecule has 2 N–H and O–H groups in total.